The van der Waals surface area contributed by atoms with E-state index in [1.165, 1.54) is 19.1 Å². The molecular formula is C21H21FN2O4. The lowest BCUT2D eigenvalue weighted by Gasteiger charge is -2.25. The van der Waals surface area contributed by atoms with Crippen molar-refractivity contribution in [3.63, 3.8) is 0 Å². The van der Waals surface area contributed by atoms with Gasteiger partial charge in [-0.25, -0.2) is 4.39 Å². The minimum Gasteiger partial charge on any atom is -0.452 e. The van der Waals surface area contributed by atoms with Gasteiger partial charge >= 0.3 is 5.97 Å². The fourth-order valence-electron chi connectivity index (χ4n) is 3.19. The average Bonchev–Trinajstić information content (AvgIpc) is 2.63. The lowest BCUT2D eigenvalue weighted by atomic mass is 9.90. The van der Waals surface area contributed by atoms with Crippen molar-refractivity contribution in [1.29, 1.82) is 0 Å². The summed E-state index contributed by atoms with van der Waals surface area (Å²) in [6.45, 7) is 5.21. The molecule has 1 aliphatic rings. The first kappa shape index (κ1) is 19.5. The second kappa shape index (κ2) is 7.80. The van der Waals surface area contributed by atoms with Gasteiger partial charge in [-0.3, -0.25) is 14.4 Å². The lowest BCUT2D eigenvalue weighted by molar-refractivity contribution is -0.155. The molecular weight excluding hydrogens is 363 g/mol. The van der Waals surface area contributed by atoms with Crippen LogP contribution in [0.4, 0.5) is 15.8 Å². The number of hydrogen-bond acceptors (Lipinski definition) is 4. The number of esters is 1. The molecule has 0 spiro atoms. The lowest BCUT2D eigenvalue weighted by Crippen LogP contribution is -2.34. The van der Waals surface area contributed by atoms with E-state index in [-0.39, 0.29) is 12.1 Å². The molecule has 0 saturated carbocycles. The Morgan fingerprint density at radius 2 is 1.89 bits per heavy atom. The van der Waals surface area contributed by atoms with E-state index < -0.39 is 35.6 Å². The number of ether oxygens (including phenoxy) is 1. The normalized spacial score (nSPS) is 16.6. The highest BCUT2D eigenvalue weighted by molar-refractivity contribution is 6.01. The maximum Gasteiger partial charge on any atom is 0.314 e. The van der Waals surface area contributed by atoms with E-state index in [0.717, 1.165) is 17.2 Å². The molecule has 1 heterocycles. The van der Waals surface area contributed by atoms with Crippen molar-refractivity contribution in [3.8, 4) is 0 Å². The standard InChI is InChI=1S/C21H21FN2O4/c1-11-5-4-6-12(2)19(11)24-20(26)13(3)28-21(27)16-10-18(25)23-17-9-14(22)7-8-15(16)17/h4-9,13,16H,10H2,1-3H3,(H,23,25)(H,24,26)/t13-,16-/m0/s1. The Labute approximate surface area is 162 Å². The molecule has 146 valence electrons. The molecule has 0 saturated heterocycles. The van der Waals surface area contributed by atoms with Crippen molar-refractivity contribution in [3.05, 3.63) is 58.9 Å². The number of hydrogen-bond donors (Lipinski definition) is 2. The zero-order valence-electron chi connectivity index (χ0n) is 15.8. The molecule has 7 heteroatoms. The van der Waals surface area contributed by atoms with E-state index in [0.29, 0.717) is 11.3 Å². The topological polar surface area (TPSA) is 84.5 Å². The molecule has 0 bridgehead atoms. The molecule has 0 unspecified atom stereocenters. The van der Waals surface area contributed by atoms with Crippen LogP contribution in [0.25, 0.3) is 0 Å². The number of fused-ring (bicyclic) bond motifs is 1. The third kappa shape index (κ3) is 4.03. The van der Waals surface area contributed by atoms with Gasteiger partial charge in [-0.15, -0.1) is 0 Å². The van der Waals surface area contributed by atoms with Gasteiger partial charge in [0.2, 0.25) is 5.91 Å². The first-order valence-corrected chi connectivity index (χ1v) is 8.93. The summed E-state index contributed by atoms with van der Waals surface area (Å²) in [4.78, 5) is 37.0. The van der Waals surface area contributed by atoms with Crippen LogP contribution in [0.2, 0.25) is 0 Å². The third-order valence-electron chi connectivity index (χ3n) is 4.73. The van der Waals surface area contributed by atoms with Crippen LogP contribution >= 0.6 is 0 Å². The Morgan fingerprint density at radius 3 is 2.57 bits per heavy atom. The Balaban J connectivity index is 1.72. The van der Waals surface area contributed by atoms with Crippen molar-refractivity contribution in [1.82, 2.24) is 0 Å². The highest BCUT2D eigenvalue weighted by atomic mass is 19.1. The predicted molar refractivity (Wildman–Crippen MR) is 102 cm³/mol. The summed E-state index contributed by atoms with van der Waals surface area (Å²) in [6.07, 6.45) is -1.18. The van der Waals surface area contributed by atoms with E-state index in [4.69, 9.17) is 4.74 Å². The van der Waals surface area contributed by atoms with Gasteiger partial charge < -0.3 is 15.4 Å². The van der Waals surface area contributed by atoms with Crippen LogP contribution in [-0.4, -0.2) is 23.9 Å². The van der Waals surface area contributed by atoms with E-state index in [1.807, 2.05) is 32.0 Å². The highest BCUT2D eigenvalue weighted by Crippen LogP contribution is 2.34. The zero-order chi connectivity index (χ0) is 20.4. The van der Waals surface area contributed by atoms with Gasteiger partial charge in [0, 0.05) is 17.8 Å². The molecule has 2 N–H and O–H groups in total. The van der Waals surface area contributed by atoms with Gasteiger partial charge in [-0.1, -0.05) is 24.3 Å². The second-order valence-electron chi connectivity index (χ2n) is 6.87. The number of rotatable bonds is 4. The number of amides is 2. The number of benzene rings is 2. The number of aryl methyl sites for hydroxylation is 2. The largest absolute Gasteiger partial charge is 0.452 e. The van der Waals surface area contributed by atoms with Gasteiger partial charge in [0.05, 0.1) is 5.92 Å². The van der Waals surface area contributed by atoms with Crippen LogP contribution in [0, 0.1) is 19.7 Å². The van der Waals surface area contributed by atoms with Crippen molar-refractivity contribution < 1.29 is 23.5 Å². The monoisotopic (exact) mass is 384 g/mol. The first-order chi connectivity index (χ1) is 13.3. The van der Waals surface area contributed by atoms with Gasteiger partial charge in [0.25, 0.3) is 5.91 Å². The molecule has 2 atom stereocenters. The predicted octanol–water partition coefficient (Wildman–Crippen LogP) is 3.44. The van der Waals surface area contributed by atoms with E-state index in [1.54, 1.807) is 0 Å². The minimum atomic E-state index is -1.06. The first-order valence-electron chi connectivity index (χ1n) is 8.93. The molecule has 0 aromatic heterocycles. The van der Waals surface area contributed by atoms with Crippen molar-refractivity contribution in [2.75, 3.05) is 10.6 Å². The molecule has 2 aromatic carbocycles. The minimum absolute atomic E-state index is 0.122. The van der Waals surface area contributed by atoms with Gasteiger partial charge in [0.1, 0.15) is 5.82 Å². The average molecular weight is 384 g/mol. The molecule has 2 amide bonds. The van der Waals surface area contributed by atoms with Crippen LogP contribution in [0.3, 0.4) is 0 Å². The van der Waals surface area contributed by atoms with Crippen LogP contribution in [-0.2, 0) is 19.1 Å². The molecule has 28 heavy (non-hydrogen) atoms. The maximum atomic E-state index is 13.4. The Morgan fingerprint density at radius 1 is 1.21 bits per heavy atom. The summed E-state index contributed by atoms with van der Waals surface area (Å²) >= 11 is 0. The Bertz CT molecular complexity index is 937. The third-order valence-corrected chi connectivity index (χ3v) is 4.73. The fraction of sp³-hybridized carbons (Fsp3) is 0.286. The molecule has 1 aliphatic heterocycles. The number of carbonyl (C=O) groups is 3. The zero-order valence-corrected chi connectivity index (χ0v) is 15.8. The summed E-state index contributed by atoms with van der Waals surface area (Å²) in [5.74, 6) is -2.99. The van der Waals surface area contributed by atoms with Gasteiger partial charge in [0.15, 0.2) is 6.10 Å². The van der Waals surface area contributed by atoms with Crippen molar-refractivity contribution >= 4 is 29.2 Å². The number of nitrogens with one attached hydrogen (secondary N) is 2. The van der Waals surface area contributed by atoms with E-state index >= 15 is 0 Å². The maximum absolute atomic E-state index is 13.4. The van der Waals surface area contributed by atoms with Crippen LogP contribution in [0.15, 0.2) is 36.4 Å². The molecule has 0 fully saturated rings. The van der Waals surface area contributed by atoms with Crippen LogP contribution < -0.4 is 10.6 Å². The number of carbonyl (C=O) groups excluding carboxylic acids is 3. The Hall–Kier alpha value is -3.22. The fourth-order valence-corrected chi connectivity index (χ4v) is 3.19. The smallest absolute Gasteiger partial charge is 0.314 e. The molecule has 3 rings (SSSR count). The summed E-state index contributed by atoms with van der Waals surface area (Å²) in [6, 6.07) is 9.44. The van der Waals surface area contributed by atoms with Crippen molar-refractivity contribution in [2.24, 2.45) is 0 Å². The van der Waals surface area contributed by atoms with E-state index in [2.05, 4.69) is 10.6 Å². The number of halogens is 1. The van der Waals surface area contributed by atoms with Crippen LogP contribution in [0.1, 0.15) is 36.0 Å². The molecule has 6 nitrogen and oxygen atoms in total. The summed E-state index contributed by atoms with van der Waals surface area (Å²) in [7, 11) is 0. The SMILES string of the molecule is Cc1cccc(C)c1NC(=O)[C@H](C)OC(=O)[C@H]1CC(=O)Nc2cc(F)ccc21. The Kier molecular flexibility index (Phi) is 5.44. The van der Waals surface area contributed by atoms with Crippen LogP contribution in [0.5, 0.6) is 0 Å². The summed E-state index contributed by atoms with van der Waals surface area (Å²) in [5.41, 5.74) is 3.17. The van der Waals surface area contributed by atoms with Gasteiger partial charge in [-0.05, 0) is 49.6 Å². The van der Waals surface area contributed by atoms with Crippen molar-refractivity contribution in [2.45, 2.75) is 39.2 Å². The number of para-hydroxylation sites is 1. The number of anilines is 2. The summed E-state index contributed by atoms with van der Waals surface area (Å²) < 4.78 is 18.7. The quantitative estimate of drug-likeness (QED) is 0.791. The highest BCUT2D eigenvalue weighted by Gasteiger charge is 2.34. The summed E-state index contributed by atoms with van der Waals surface area (Å²) in [5, 5.41) is 5.32. The van der Waals surface area contributed by atoms with Gasteiger partial charge in [-0.2, -0.15) is 0 Å². The second-order valence-corrected chi connectivity index (χ2v) is 6.87. The molecule has 2 aromatic rings. The molecule has 0 radical (unpaired) electrons. The van der Waals surface area contributed by atoms with E-state index in [9.17, 15) is 18.8 Å². The molecule has 0 aliphatic carbocycles.